The van der Waals surface area contributed by atoms with Gasteiger partial charge in [0.25, 0.3) is 0 Å². The third kappa shape index (κ3) is 3.50. The molecule has 0 bridgehead atoms. The third-order valence-electron chi connectivity index (χ3n) is 3.99. The molecular weight excluding hydrogens is 286 g/mol. The Balaban J connectivity index is 1.76. The van der Waals surface area contributed by atoms with Gasteiger partial charge >= 0.3 is 0 Å². The van der Waals surface area contributed by atoms with Gasteiger partial charge in [-0.3, -0.25) is 0 Å². The Hall–Kier alpha value is -2.42. The van der Waals surface area contributed by atoms with Gasteiger partial charge in [0.1, 0.15) is 18.1 Å². The van der Waals surface area contributed by atoms with Crippen LogP contribution in [0.1, 0.15) is 31.9 Å². The van der Waals surface area contributed by atoms with E-state index >= 15 is 0 Å². The van der Waals surface area contributed by atoms with Gasteiger partial charge in [-0.15, -0.1) is 0 Å². The molecule has 0 amide bonds. The van der Waals surface area contributed by atoms with Gasteiger partial charge in [0.2, 0.25) is 0 Å². The molecule has 0 saturated heterocycles. The molecule has 0 saturated carbocycles. The number of ether oxygens (including phenoxy) is 2. The van der Waals surface area contributed by atoms with Crippen molar-refractivity contribution in [3.05, 3.63) is 59.7 Å². The molecule has 23 heavy (non-hydrogen) atoms. The van der Waals surface area contributed by atoms with Gasteiger partial charge in [-0.2, -0.15) is 0 Å². The number of nitrogens with one attached hydrogen (secondary N) is 1. The minimum absolute atomic E-state index is 0.0138. The Morgan fingerprint density at radius 2 is 1.87 bits per heavy atom. The number of rotatable bonds is 4. The zero-order valence-electron chi connectivity index (χ0n) is 14.1. The van der Waals surface area contributed by atoms with Gasteiger partial charge < -0.3 is 14.8 Å². The number of benzene rings is 2. The summed E-state index contributed by atoms with van der Waals surface area (Å²) < 4.78 is 11.2. The zero-order chi connectivity index (χ0) is 16.4. The molecule has 0 radical (unpaired) electrons. The fourth-order valence-corrected chi connectivity index (χ4v) is 2.98. The second-order valence-corrected chi connectivity index (χ2v) is 6.52. The lowest BCUT2D eigenvalue weighted by molar-refractivity contribution is 0.305. The first-order valence-electron chi connectivity index (χ1n) is 7.85. The van der Waals surface area contributed by atoms with Crippen molar-refractivity contribution in [1.82, 2.24) is 0 Å². The molecule has 0 spiro atoms. The first-order valence-corrected chi connectivity index (χ1v) is 7.85. The van der Waals surface area contributed by atoms with Gasteiger partial charge in [0.15, 0.2) is 0 Å². The van der Waals surface area contributed by atoms with Crippen molar-refractivity contribution in [2.75, 3.05) is 12.4 Å². The van der Waals surface area contributed by atoms with E-state index in [9.17, 15) is 0 Å². The van der Waals surface area contributed by atoms with Crippen molar-refractivity contribution in [1.29, 1.82) is 0 Å². The van der Waals surface area contributed by atoms with Crippen LogP contribution in [0, 0.1) is 0 Å². The molecule has 120 valence electrons. The average molecular weight is 309 g/mol. The van der Waals surface area contributed by atoms with Crippen LogP contribution in [0.15, 0.2) is 48.5 Å². The van der Waals surface area contributed by atoms with E-state index in [2.05, 4.69) is 44.3 Å². The van der Waals surface area contributed by atoms with Gasteiger partial charge in [-0.1, -0.05) is 18.2 Å². The Morgan fingerprint density at radius 1 is 1.04 bits per heavy atom. The fraction of sp³-hybridized carbons (Fsp3) is 0.300. The second-order valence-electron chi connectivity index (χ2n) is 6.52. The van der Waals surface area contributed by atoms with Gasteiger partial charge in [-0.05, 0) is 62.2 Å². The minimum Gasteiger partial charge on any atom is -0.497 e. The molecule has 1 heterocycles. The summed E-state index contributed by atoms with van der Waals surface area (Å²) in [7, 11) is 1.67. The molecule has 0 unspecified atom stereocenters. The van der Waals surface area contributed by atoms with Crippen LogP contribution in [0.2, 0.25) is 0 Å². The number of fused-ring (bicyclic) bond motifs is 1. The van der Waals surface area contributed by atoms with Crippen LogP contribution in [0.4, 0.5) is 5.69 Å². The minimum atomic E-state index is -0.0138. The normalized spacial score (nSPS) is 15.2. The summed E-state index contributed by atoms with van der Waals surface area (Å²) >= 11 is 0. The number of hydrogen-bond donors (Lipinski definition) is 1. The molecule has 3 rings (SSSR count). The quantitative estimate of drug-likeness (QED) is 0.873. The maximum absolute atomic E-state index is 5.95. The van der Waals surface area contributed by atoms with Crippen LogP contribution in [0.3, 0.4) is 0 Å². The van der Waals surface area contributed by atoms with Crippen LogP contribution in [0.5, 0.6) is 11.5 Å². The van der Waals surface area contributed by atoms with E-state index in [-0.39, 0.29) is 5.54 Å². The van der Waals surface area contributed by atoms with E-state index in [1.165, 1.54) is 11.1 Å². The lowest BCUT2D eigenvalue weighted by Crippen LogP contribution is -2.31. The summed E-state index contributed by atoms with van der Waals surface area (Å²) in [5.74, 6) is 1.72. The molecular formula is C20H23NO2. The van der Waals surface area contributed by atoms with Crippen molar-refractivity contribution >= 4 is 11.3 Å². The predicted molar refractivity (Wildman–Crippen MR) is 95.1 cm³/mol. The number of methoxy groups -OCH3 is 1. The highest BCUT2D eigenvalue weighted by atomic mass is 16.5. The van der Waals surface area contributed by atoms with Crippen LogP contribution in [0.25, 0.3) is 5.57 Å². The topological polar surface area (TPSA) is 30.5 Å². The number of hydrogen-bond acceptors (Lipinski definition) is 3. The maximum Gasteiger partial charge on any atom is 0.120 e. The fourth-order valence-electron chi connectivity index (χ4n) is 2.98. The van der Waals surface area contributed by atoms with Crippen molar-refractivity contribution < 1.29 is 9.47 Å². The summed E-state index contributed by atoms with van der Waals surface area (Å²) in [4.78, 5) is 0. The highest BCUT2D eigenvalue weighted by molar-refractivity contribution is 5.80. The van der Waals surface area contributed by atoms with Crippen molar-refractivity contribution in [3.63, 3.8) is 0 Å². The molecule has 2 aromatic carbocycles. The highest BCUT2D eigenvalue weighted by Crippen LogP contribution is 2.35. The van der Waals surface area contributed by atoms with E-state index in [1.54, 1.807) is 7.11 Å². The van der Waals surface area contributed by atoms with E-state index in [0.29, 0.717) is 6.61 Å². The van der Waals surface area contributed by atoms with E-state index in [1.807, 2.05) is 30.3 Å². The largest absolute Gasteiger partial charge is 0.497 e. The molecule has 0 aromatic heterocycles. The molecule has 1 aliphatic rings. The highest BCUT2D eigenvalue weighted by Gasteiger charge is 2.22. The van der Waals surface area contributed by atoms with Crippen molar-refractivity contribution in [2.24, 2.45) is 0 Å². The van der Waals surface area contributed by atoms with Gasteiger partial charge in [-0.25, -0.2) is 0 Å². The van der Waals surface area contributed by atoms with Crippen molar-refractivity contribution in [3.8, 4) is 11.5 Å². The van der Waals surface area contributed by atoms with Crippen molar-refractivity contribution in [2.45, 2.75) is 32.9 Å². The van der Waals surface area contributed by atoms with Crippen LogP contribution >= 0.6 is 0 Å². The van der Waals surface area contributed by atoms with Gasteiger partial charge in [0, 0.05) is 11.3 Å². The third-order valence-corrected chi connectivity index (χ3v) is 3.99. The molecule has 3 nitrogen and oxygen atoms in total. The monoisotopic (exact) mass is 309 g/mol. The average Bonchev–Trinajstić information content (AvgIpc) is 2.52. The summed E-state index contributed by atoms with van der Waals surface area (Å²) in [6.45, 7) is 7.02. The van der Waals surface area contributed by atoms with E-state index < -0.39 is 0 Å². The SMILES string of the molecule is COc1cccc(COc2ccc3c(c2)C(C)=CC(C)(C)N3)c1. The first-order chi connectivity index (χ1) is 11.0. The van der Waals surface area contributed by atoms with Crippen LogP contribution in [-0.2, 0) is 6.61 Å². The number of allylic oxidation sites excluding steroid dienone is 1. The van der Waals surface area contributed by atoms with Gasteiger partial charge in [0.05, 0.1) is 12.6 Å². The lowest BCUT2D eigenvalue weighted by Gasteiger charge is -2.31. The lowest BCUT2D eigenvalue weighted by atomic mass is 9.91. The Morgan fingerprint density at radius 3 is 2.65 bits per heavy atom. The second kappa shape index (κ2) is 5.99. The molecule has 0 fully saturated rings. The Kier molecular flexibility index (Phi) is 4.03. The van der Waals surface area contributed by atoms with E-state index in [4.69, 9.17) is 9.47 Å². The molecule has 0 aliphatic carbocycles. The zero-order valence-corrected chi connectivity index (χ0v) is 14.1. The van der Waals surface area contributed by atoms with Crippen LogP contribution < -0.4 is 14.8 Å². The Bertz CT molecular complexity index is 747. The standard InChI is InChI=1S/C20H23NO2/c1-14-12-20(2,3)21-19-9-8-17(11-18(14)19)23-13-15-6-5-7-16(10-15)22-4/h5-12,21H,13H2,1-4H3. The number of anilines is 1. The summed E-state index contributed by atoms with van der Waals surface area (Å²) in [6.07, 6.45) is 2.25. The summed E-state index contributed by atoms with van der Waals surface area (Å²) in [6, 6.07) is 14.1. The molecule has 3 heteroatoms. The Labute approximate surface area is 137 Å². The van der Waals surface area contributed by atoms with E-state index in [0.717, 1.165) is 22.7 Å². The summed E-state index contributed by atoms with van der Waals surface area (Å²) in [5.41, 5.74) is 4.71. The first kappa shape index (κ1) is 15.5. The molecule has 2 aromatic rings. The molecule has 1 N–H and O–H groups in total. The van der Waals surface area contributed by atoms with Crippen LogP contribution in [-0.4, -0.2) is 12.6 Å². The summed E-state index contributed by atoms with van der Waals surface area (Å²) in [5, 5.41) is 3.53. The molecule has 0 atom stereocenters. The molecule has 1 aliphatic heterocycles. The maximum atomic E-state index is 5.95. The smallest absolute Gasteiger partial charge is 0.120 e. The predicted octanol–water partition coefficient (Wildman–Crippen LogP) is 4.88.